The summed E-state index contributed by atoms with van der Waals surface area (Å²) in [5, 5.41) is 2.80. The molecule has 0 unspecified atom stereocenters. The number of urea groups is 1. The fourth-order valence-electron chi connectivity index (χ4n) is 3.64. The predicted molar refractivity (Wildman–Crippen MR) is 109 cm³/mol. The molecule has 2 aromatic rings. The molecule has 10 heteroatoms. The lowest BCUT2D eigenvalue weighted by molar-refractivity contribution is -0.139. The Morgan fingerprint density at radius 2 is 1.91 bits per heavy atom. The van der Waals surface area contributed by atoms with Gasteiger partial charge in [-0.1, -0.05) is 12.1 Å². The van der Waals surface area contributed by atoms with E-state index in [4.69, 9.17) is 14.2 Å². The number of anilines is 1. The number of rotatable bonds is 6. The Bertz CT molecular complexity index is 1070. The second-order valence-electron chi connectivity index (χ2n) is 6.92. The van der Waals surface area contributed by atoms with Crippen LogP contribution < -0.4 is 24.4 Å². The molecule has 168 valence electrons. The molecule has 0 radical (unpaired) electrons. The minimum absolute atomic E-state index is 0.0359. The number of halogens is 2. The average Bonchev–Trinajstić information content (AvgIpc) is 3.21. The number of allylic oxidation sites excluding steroid dienone is 1. The summed E-state index contributed by atoms with van der Waals surface area (Å²) in [6.45, 7) is 0.582. The van der Waals surface area contributed by atoms with Gasteiger partial charge in [0.1, 0.15) is 5.75 Å². The quantitative estimate of drug-likeness (QED) is 0.672. The van der Waals surface area contributed by atoms with E-state index in [2.05, 4.69) is 10.1 Å². The minimum atomic E-state index is -2.96. The van der Waals surface area contributed by atoms with Crippen LogP contribution in [0.5, 0.6) is 17.2 Å². The van der Waals surface area contributed by atoms with Gasteiger partial charge in [-0.25, -0.2) is 9.59 Å². The molecule has 0 aromatic heterocycles. The number of amides is 2. The molecule has 0 fully saturated rings. The molecule has 2 aliphatic rings. The summed E-state index contributed by atoms with van der Waals surface area (Å²) < 4.78 is 45.2. The monoisotopic (exact) mass is 446 g/mol. The zero-order valence-corrected chi connectivity index (χ0v) is 17.3. The van der Waals surface area contributed by atoms with Gasteiger partial charge in [-0.3, -0.25) is 4.90 Å². The number of hydrogen-bond acceptors (Lipinski definition) is 6. The number of nitrogens with zero attached hydrogens (tertiary/aromatic N) is 1. The standard InChI is InChI=1S/C22H20F2N2O6/c1-3-29-20(27)18-12(2)26(14-6-9-16-17(10-14)31-11-30-16)22(28)25-19(18)13-4-7-15(8-5-13)32-21(23)24/h4-10,19,21H,3,11H2,1-2H3,(H,25,28)/t19-/m0/s1. The number of benzene rings is 2. The Balaban J connectivity index is 1.74. The lowest BCUT2D eigenvalue weighted by Gasteiger charge is -2.35. The van der Waals surface area contributed by atoms with Crippen molar-refractivity contribution in [3.05, 3.63) is 59.3 Å². The first kappa shape index (κ1) is 21.4. The summed E-state index contributed by atoms with van der Waals surface area (Å²) in [6, 6.07) is 9.37. The van der Waals surface area contributed by atoms with Gasteiger partial charge in [0, 0.05) is 11.8 Å². The summed E-state index contributed by atoms with van der Waals surface area (Å²) >= 11 is 0. The number of carbonyl (C=O) groups excluding carboxylic acids is 2. The van der Waals surface area contributed by atoms with Crippen LogP contribution in [0.4, 0.5) is 19.3 Å². The third kappa shape index (κ3) is 4.03. The first-order chi connectivity index (χ1) is 15.4. The van der Waals surface area contributed by atoms with Crippen molar-refractivity contribution in [1.29, 1.82) is 0 Å². The Hall–Kier alpha value is -3.82. The van der Waals surface area contributed by atoms with Gasteiger partial charge in [-0.05, 0) is 43.7 Å². The van der Waals surface area contributed by atoms with Crippen molar-refractivity contribution in [1.82, 2.24) is 5.32 Å². The number of nitrogens with one attached hydrogen (secondary N) is 1. The molecule has 0 saturated carbocycles. The number of hydrogen-bond donors (Lipinski definition) is 1. The SMILES string of the molecule is CCOC(=O)C1=C(C)N(c2ccc3c(c2)OCO3)C(=O)N[C@H]1c1ccc(OC(F)F)cc1. The predicted octanol–water partition coefficient (Wildman–Crippen LogP) is 4.12. The number of esters is 1. The maximum absolute atomic E-state index is 13.1. The van der Waals surface area contributed by atoms with E-state index in [1.54, 1.807) is 32.0 Å². The van der Waals surface area contributed by atoms with Crippen LogP contribution in [-0.4, -0.2) is 32.0 Å². The summed E-state index contributed by atoms with van der Waals surface area (Å²) in [5.74, 6) is 0.403. The van der Waals surface area contributed by atoms with E-state index in [0.717, 1.165) is 0 Å². The third-order valence-corrected chi connectivity index (χ3v) is 5.03. The highest BCUT2D eigenvalue weighted by Crippen LogP contribution is 2.39. The van der Waals surface area contributed by atoms with E-state index in [1.165, 1.54) is 29.2 Å². The summed E-state index contributed by atoms with van der Waals surface area (Å²) in [5.41, 5.74) is 1.56. The first-order valence-electron chi connectivity index (χ1n) is 9.82. The minimum Gasteiger partial charge on any atom is -0.463 e. The Morgan fingerprint density at radius 1 is 1.19 bits per heavy atom. The molecule has 2 aliphatic heterocycles. The molecule has 0 bridgehead atoms. The highest BCUT2D eigenvalue weighted by molar-refractivity contribution is 6.03. The summed E-state index contributed by atoms with van der Waals surface area (Å²) in [4.78, 5) is 27.3. The fraction of sp³-hybridized carbons (Fsp3) is 0.273. The van der Waals surface area contributed by atoms with Crippen LogP contribution in [-0.2, 0) is 9.53 Å². The van der Waals surface area contributed by atoms with Gasteiger partial charge in [0.15, 0.2) is 11.5 Å². The molecular weight excluding hydrogens is 426 g/mol. The van der Waals surface area contributed by atoms with E-state index in [9.17, 15) is 18.4 Å². The molecule has 1 atom stereocenters. The fourth-order valence-corrected chi connectivity index (χ4v) is 3.64. The molecule has 0 aliphatic carbocycles. The van der Waals surface area contributed by atoms with Crippen LogP contribution in [0.3, 0.4) is 0 Å². The van der Waals surface area contributed by atoms with Crippen molar-refractivity contribution in [2.45, 2.75) is 26.5 Å². The van der Waals surface area contributed by atoms with Gasteiger partial charge in [-0.2, -0.15) is 8.78 Å². The Labute approximate surface area is 182 Å². The highest BCUT2D eigenvalue weighted by atomic mass is 19.3. The van der Waals surface area contributed by atoms with Crippen LogP contribution in [0.15, 0.2) is 53.7 Å². The Morgan fingerprint density at radius 3 is 2.59 bits per heavy atom. The molecule has 2 amide bonds. The van der Waals surface area contributed by atoms with Gasteiger partial charge < -0.3 is 24.3 Å². The molecule has 1 N–H and O–H groups in total. The summed E-state index contributed by atoms with van der Waals surface area (Å²) in [7, 11) is 0. The molecule has 32 heavy (non-hydrogen) atoms. The maximum Gasteiger partial charge on any atom is 0.387 e. The van der Waals surface area contributed by atoms with Crippen LogP contribution in [0.2, 0.25) is 0 Å². The van der Waals surface area contributed by atoms with Crippen molar-refractivity contribution >= 4 is 17.7 Å². The summed E-state index contributed by atoms with van der Waals surface area (Å²) in [6.07, 6.45) is 0. The van der Waals surface area contributed by atoms with Crippen LogP contribution >= 0.6 is 0 Å². The third-order valence-electron chi connectivity index (χ3n) is 5.03. The maximum atomic E-state index is 13.1. The number of ether oxygens (including phenoxy) is 4. The first-order valence-corrected chi connectivity index (χ1v) is 9.82. The van der Waals surface area contributed by atoms with Gasteiger partial charge in [-0.15, -0.1) is 0 Å². The molecule has 2 heterocycles. The smallest absolute Gasteiger partial charge is 0.387 e. The van der Waals surface area contributed by atoms with E-state index < -0.39 is 24.7 Å². The molecule has 2 aromatic carbocycles. The number of fused-ring (bicyclic) bond motifs is 1. The van der Waals surface area contributed by atoms with E-state index in [-0.39, 0.29) is 24.7 Å². The second kappa shape index (κ2) is 8.74. The molecule has 0 saturated heterocycles. The number of carbonyl (C=O) groups is 2. The molecule has 4 rings (SSSR count). The Kier molecular flexibility index (Phi) is 5.85. The van der Waals surface area contributed by atoms with Gasteiger partial charge in [0.05, 0.1) is 23.9 Å². The number of alkyl halides is 2. The molecule has 0 spiro atoms. The van der Waals surface area contributed by atoms with Crippen molar-refractivity contribution in [3.8, 4) is 17.2 Å². The van der Waals surface area contributed by atoms with E-state index in [0.29, 0.717) is 28.4 Å². The highest BCUT2D eigenvalue weighted by Gasteiger charge is 2.37. The van der Waals surface area contributed by atoms with Crippen LogP contribution in [0.25, 0.3) is 0 Å². The normalized spacial score (nSPS) is 17.5. The van der Waals surface area contributed by atoms with Gasteiger partial charge in [0.2, 0.25) is 6.79 Å². The van der Waals surface area contributed by atoms with Crippen molar-refractivity contribution in [2.75, 3.05) is 18.3 Å². The van der Waals surface area contributed by atoms with Crippen molar-refractivity contribution in [3.63, 3.8) is 0 Å². The zero-order chi connectivity index (χ0) is 22.8. The zero-order valence-electron chi connectivity index (χ0n) is 17.3. The van der Waals surface area contributed by atoms with Gasteiger partial charge in [0.25, 0.3) is 0 Å². The van der Waals surface area contributed by atoms with E-state index >= 15 is 0 Å². The van der Waals surface area contributed by atoms with Crippen molar-refractivity contribution < 1.29 is 37.3 Å². The van der Waals surface area contributed by atoms with Crippen LogP contribution in [0, 0.1) is 0 Å². The second-order valence-corrected chi connectivity index (χ2v) is 6.92. The van der Waals surface area contributed by atoms with Crippen molar-refractivity contribution in [2.24, 2.45) is 0 Å². The van der Waals surface area contributed by atoms with E-state index in [1.807, 2.05) is 0 Å². The van der Waals surface area contributed by atoms with Gasteiger partial charge >= 0.3 is 18.6 Å². The average molecular weight is 446 g/mol. The topological polar surface area (TPSA) is 86.3 Å². The lowest BCUT2D eigenvalue weighted by Crippen LogP contribution is -2.48. The molecule has 8 nitrogen and oxygen atoms in total. The largest absolute Gasteiger partial charge is 0.463 e. The molecular formula is C22H20F2N2O6. The lowest BCUT2D eigenvalue weighted by atomic mass is 9.94. The van der Waals surface area contributed by atoms with Crippen LogP contribution in [0.1, 0.15) is 25.5 Å².